The number of aliphatic imine (C=N–C) groups is 1. The summed E-state index contributed by atoms with van der Waals surface area (Å²) < 4.78 is 0. The lowest BCUT2D eigenvalue weighted by Crippen LogP contribution is -2.20. The van der Waals surface area contributed by atoms with Gasteiger partial charge in [-0.2, -0.15) is 4.99 Å². The molecule has 0 rings (SSSR count). The zero-order chi connectivity index (χ0) is 10.8. The summed E-state index contributed by atoms with van der Waals surface area (Å²) in [5.41, 5.74) is 0. The molecule has 3 nitrogen and oxygen atoms in total. The van der Waals surface area contributed by atoms with Crippen molar-refractivity contribution in [3.63, 3.8) is 0 Å². The summed E-state index contributed by atoms with van der Waals surface area (Å²) in [5, 5.41) is 9.47. The molecule has 0 aliphatic carbocycles. The van der Waals surface area contributed by atoms with Crippen LogP contribution in [-0.2, 0) is 4.79 Å². The first-order chi connectivity index (χ1) is 6.72. The topological polar surface area (TPSA) is 49.7 Å². The van der Waals surface area contributed by atoms with Gasteiger partial charge in [0, 0.05) is 0 Å². The standard InChI is InChI=1S/C11H20NO2/c1-3-4-5-6-7-8-11(14)10(2)12-9-13/h10-11,14H,2-8H2,1H3. The summed E-state index contributed by atoms with van der Waals surface area (Å²) in [5.74, 6) is 0. The van der Waals surface area contributed by atoms with E-state index in [0.29, 0.717) is 6.42 Å². The van der Waals surface area contributed by atoms with Gasteiger partial charge in [-0.05, 0) is 13.3 Å². The highest BCUT2D eigenvalue weighted by Crippen LogP contribution is 2.10. The van der Waals surface area contributed by atoms with Gasteiger partial charge in [0.15, 0.2) is 0 Å². The van der Waals surface area contributed by atoms with E-state index in [1.807, 2.05) is 0 Å². The molecule has 0 aromatic rings. The molecule has 1 N–H and O–H groups in total. The smallest absolute Gasteiger partial charge is 0.235 e. The number of hydrogen-bond donors (Lipinski definition) is 1. The predicted molar refractivity (Wildman–Crippen MR) is 56.6 cm³/mol. The van der Waals surface area contributed by atoms with E-state index in [-0.39, 0.29) is 0 Å². The molecule has 0 saturated carbocycles. The van der Waals surface area contributed by atoms with Crippen LogP contribution in [0.1, 0.15) is 45.4 Å². The molecule has 0 heterocycles. The number of aliphatic hydroxyl groups excluding tert-OH is 1. The van der Waals surface area contributed by atoms with Crippen LogP contribution in [0.4, 0.5) is 0 Å². The lowest BCUT2D eigenvalue weighted by Gasteiger charge is -2.12. The van der Waals surface area contributed by atoms with E-state index in [1.54, 1.807) is 0 Å². The number of hydrogen-bond acceptors (Lipinski definition) is 3. The Morgan fingerprint density at radius 2 is 2.00 bits per heavy atom. The lowest BCUT2D eigenvalue weighted by atomic mass is 10.0. The van der Waals surface area contributed by atoms with Gasteiger partial charge < -0.3 is 5.11 Å². The van der Waals surface area contributed by atoms with Crippen molar-refractivity contribution in [1.29, 1.82) is 0 Å². The van der Waals surface area contributed by atoms with Gasteiger partial charge in [0.1, 0.15) is 0 Å². The maximum absolute atomic E-state index is 9.89. The largest absolute Gasteiger partial charge is 0.391 e. The Morgan fingerprint density at radius 1 is 1.36 bits per heavy atom. The third-order valence-corrected chi connectivity index (χ3v) is 2.27. The molecule has 1 radical (unpaired) electrons. The molecule has 0 bridgehead atoms. The second kappa shape index (κ2) is 8.92. The predicted octanol–water partition coefficient (Wildman–Crippen LogP) is 2.25. The van der Waals surface area contributed by atoms with Crippen LogP contribution in [0.3, 0.4) is 0 Å². The Hall–Kier alpha value is -0.660. The van der Waals surface area contributed by atoms with E-state index in [0.717, 1.165) is 12.8 Å². The summed E-state index contributed by atoms with van der Waals surface area (Å²) in [4.78, 5) is 13.3. The first kappa shape index (κ1) is 13.3. The van der Waals surface area contributed by atoms with Gasteiger partial charge in [-0.15, -0.1) is 0 Å². The third kappa shape index (κ3) is 6.81. The summed E-state index contributed by atoms with van der Waals surface area (Å²) in [6.07, 6.45) is 7.26. The van der Waals surface area contributed by atoms with Crippen LogP contribution in [0, 0.1) is 6.92 Å². The SMILES string of the molecule is [CH2]C(N=C=O)C(O)CCCCCCC. The van der Waals surface area contributed by atoms with Crippen molar-refractivity contribution in [2.45, 2.75) is 57.6 Å². The molecule has 81 valence electrons. The van der Waals surface area contributed by atoms with Gasteiger partial charge in [0.25, 0.3) is 0 Å². The van der Waals surface area contributed by atoms with Crippen LogP contribution >= 0.6 is 0 Å². The molecule has 0 amide bonds. The van der Waals surface area contributed by atoms with Gasteiger partial charge in [-0.3, -0.25) is 0 Å². The molecule has 0 aliphatic rings. The van der Waals surface area contributed by atoms with Crippen molar-refractivity contribution in [3.05, 3.63) is 6.92 Å². The highest BCUT2D eigenvalue weighted by molar-refractivity contribution is 5.33. The summed E-state index contributed by atoms with van der Waals surface area (Å²) in [7, 11) is 0. The molecule has 0 saturated heterocycles. The number of carbonyl (C=O) groups excluding carboxylic acids is 1. The van der Waals surface area contributed by atoms with Crippen molar-refractivity contribution in [1.82, 2.24) is 0 Å². The van der Waals surface area contributed by atoms with E-state index in [4.69, 9.17) is 0 Å². The summed E-state index contributed by atoms with van der Waals surface area (Å²) in [6.45, 7) is 5.73. The molecule has 2 unspecified atom stereocenters. The van der Waals surface area contributed by atoms with E-state index in [2.05, 4.69) is 18.8 Å². The van der Waals surface area contributed by atoms with Gasteiger partial charge in [-0.1, -0.05) is 39.0 Å². The molecule has 0 spiro atoms. The fourth-order valence-corrected chi connectivity index (χ4v) is 1.30. The van der Waals surface area contributed by atoms with Crippen LogP contribution in [0.15, 0.2) is 4.99 Å². The molecular weight excluding hydrogens is 178 g/mol. The van der Waals surface area contributed by atoms with Gasteiger partial charge in [0.05, 0.1) is 12.1 Å². The Morgan fingerprint density at radius 3 is 2.57 bits per heavy atom. The van der Waals surface area contributed by atoms with Crippen LogP contribution in [-0.4, -0.2) is 23.3 Å². The minimum atomic E-state index is -0.599. The van der Waals surface area contributed by atoms with E-state index >= 15 is 0 Å². The van der Waals surface area contributed by atoms with Gasteiger partial charge >= 0.3 is 0 Å². The van der Waals surface area contributed by atoms with Gasteiger partial charge in [-0.25, -0.2) is 4.79 Å². The zero-order valence-corrected chi connectivity index (χ0v) is 8.91. The van der Waals surface area contributed by atoms with E-state index < -0.39 is 12.1 Å². The monoisotopic (exact) mass is 198 g/mol. The highest BCUT2D eigenvalue weighted by atomic mass is 16.3. The van der Waals surface area contributed by atoms with Crippen LogP contribution in [0.2, 0.25) is 0 Å². The van der Waals surface area contributed by atoms with Crippen molar-refractivity contribution in [3.8, 4) is 0 Å². The van der Waals surface area contributed by atoms with Crippen LogP contribution in [0.25, 0.3) is 0 Å². The average molecular weight is 198 g/mol. The molecule has 0 aromatic carbocycles. The number of nitrogens with zero attached hydrogens (tertiary/aromatic N) is 1. The normalized spacial score (nSPS) is 14.5. The molecule has 14 heavy (non-hydrogen) atoms. The number of unbranched alkanes of at least 4 members (excludes halogenated alkanes) is 4. The van der Waals surface area contributed by atoms with E-state index in [9.17, 15) is 9.90 Å². The first-order valence-corrected chi connectivity index (χ1v) is 5.30. The maximum Gasteiger partial charge on any atom is 0.235 e. The second-order valence-electron chi connectivity index (χ2n) is 3.56. The van der Waals surface area contributed by atoms with Gasteiger partial charge in [0.2, 0.25) is 6.08 Å². The fourth-order valence-electron chi connectivity index (χ4n) is 1.30. The maximum atomic E-state index is 9.89. The Kier molecular flexibility index (Phi) is 8.50. The molecule has 3 heteroatoms. The Labute approximate surface area is 86.2 Å². The Balaban J connectivity index is 3.43. The lowest BCUT2D eigenvalue weighted by molar-refractivity contribution is 0.146. The summed E-state index contributed by atoms with van der Waals surface area (Å²) >= 11 is 0. The molecule has 0 aromatic heterocycles. The summed E-state index contributed by atoms with van der Waals surface area (Å²) in [6, 6.07) is -0.557. The highest BCUT2D eigenvalue weighted by Gasteiger charge is 2.11. The third-order valence-electron chi connectivity index (χ3n) is 2.27. The van der Waals surface area contributed by atoms with Crippen LogP contribution in [0.5, 0.6) is 0 Å². The molecule has 2 atom stereocenters. The quantitative estimate of drug-likeness (QED) is 0.369. The molecule has 0 aliphatic heterocycles. The zero-order valence-electron chi connectivity index (χ0n) is 8.91. The number of rotatable bonds is 8. The van der Waals surface area contributed by atoms with Crippen molar-refractivity contribution >= 4 is 6.08 Å². The average Bonchev–Trinajstić information content (AvgIpc) is 2.17. The van der Waals surface area contributed by atoms with Crippen LogP contribution < -0.4 is 0 Å². The van der Waals surface area contributed by atoms with E-state index in [1.165, 1.54) is 25.3 Å². The minimum absolute atomic E-state index is 0.557. The number of aliphatic hydroxyl groups is 1. The Bertz CT molecular complexity index is 176. The van der Waals surface area contributed by atoms with Crippen molar-refractivity contribution in [2.75, 3.05) is 0 Å². The molecular formula is C11H20NO2. The van der Waals surface area contributed by atoms with Crippen molar-refractivity contribution < 1.29 is 9.90 Å². The second-order valence-corrected chi connectivity index (χ2v) is 3.56. The first-order valence-electron chi connectivity index (χ1n) is 5.30. The number of isocyanates is 1. The minimum Gasteiger partial charge on any atom is -0.391 e. The van der Waals surface area contributed by atoms with Crippen molar-refractivity contribution in [2.24, 2.45) is 4.99 Å². The molecule has 0 fully saturated rings. The fraction of sp³-hybridized carbons (Fsp3) is 0.818.